The van der Waals surface area contributed by atoms with E-state index < -0.39 is 79.6 Å². The molecule has 0 aromatic rings. The van der Waals surface area contributed by atoms with Gasteiger partial charge in [-0.2, -0.15) is 52.2 Å². The quantitative estimate of drug-likeness (QED) is 0.372. The molecular weight excluding hydrogens is 453 g/mol. The zero-order valence-electron chi connectivity index (χ0n) is 12.7. The minimum absolute atomic E-state index is 0.793. The predicted octanol–water partition coefficient (Wildman–Crippen LogP) is 1.31. The highest BCUT2D eigenvalue weighted by molar-refractivity contribution is 7.90. The summed E-state index contributed by atoms with van der Waals surface area (Å²) in [5.74, 6) is -16.2. The van der Waals surface area contributed by atoms with Gasteiger partial charge in [-0.3, -0.25) is 4.55 Å². The number of sulfonamides is 1. The van der Waals surface area contributed by atoms with E-state index in [4.69, 9.17) is 9.66 Å². The molecule has 0 amide bonds. The van der Waals surface area contributed by atoms with Crippen LogP contribution in [0, 0.1) is 0 Å². The van der Waals surface area contributed by atoms with Gasteiger partial charge in [0.05, 0.1) is 12.4 Å². The second-order valence-corrected chi connectivity index (χ2v) is 8.48. The highest BCUT2D eigenvalue weighted by Crippen LogP contribution is 2.55. The molecule has 0 unspecified atom stereocenters. The van der Waals surface area contributed by atoms with Gasteiger partial charge < -0.3 is 5.11 Å². The molecule has 0 radical (unpaired) electrons. The van der Waals surface area contributed by atoms with Crippen molar-refractivity contribution in [2.24, 2.45) is 0 Å². The summed E-state index contributed by atoms with van der Waals surface area (Å²) >= 11 is 0. The van der Waals surface area contributed by atoms with Crippen molar-refractivity contribution in [1.29, 1.82) is 0 Å². The van der Waals surface area contributed by atoms with E-state index in [2.05, 4.69) is 0 Å². The molecular formula is C9H12F9NO6S2. The van der Waals surface area contributed by atoms with E-state index in [1.807, 2.05) is 0 Å². The molecule has 0 aliphatic heterocycles. The van der Waals surface area contributed by atoms with Gasteiger partial charge in [-0.15, -0.1) is 0 Å². The molecule has 0 spiro atoms. The molecule has 0 saturated carbocycles. The largest absolute Gasteiger partial charge is 0.460 e. The topological polar surface area (TPSA) is 112 Å². The van der Waals surface area contributed by atoms with Gasteiger partial charge in [0.15, 0.2) is 0 Å². The number of halogens is 9. The molecule has 0 fully saturated rings. The summed E-state index contributed by atoms with van der Waals surface area (Å²) in [6.07, 6.45) is -8.27. The Labute approximate surface area is 146 Å². The first-order valence-electron chi connectivity index (χ1n) is 6.42. The van der Waals surface area contributed by atoms with Gasteiger partial charge in [0.25, 0.3) is 20.1 Å². The van der Waals surface area contributed by atoms with Crippen LogP contribution in [0.5, 0.6) is 0 Å². The Morgan fingerprint density at radius 1 is 0.778 bits per heavy atom. The van der Waals surface area contributed by atoms with Gasteiger partial charge in [-0.05, 0) is 6.42 Å². The van der Waals surface area contributed by atoms with Crippen molar-refractivity contribution >= 4 is 20.1 Å². The molecule has 0 heterocycles. The SMILES string of the molecule is O=S(=O)(O)CCCN(CCO)S(=O)(=O)C(F)(F)C(F)(F)C(F)(F)C(F)(F)F. The van der Waals surface area contributed by atoms with Gasteiger partial charge in [-0.1, -0.05) is 0 Å². The number of rotatable bonds is 10. The first-order valence-corrected chi connectivity index (χ1v) is 9.47. The fraction of sp³-hybridized carbons (Fsp3) is 1.00. The zero-order chi connectivity index (χ0) is 22.1. The van der Waals surface area contributed by atoms with Crippen molar-refractivity contribution in [3.63, 3.8) is 0 Å². The third-order valence-electron chi connectivity index (χ3n) is 2.94. The van der Waals surface area contributed by atoms with Crippen molar-refractivity contribution in [3.05, 3.63) is 0 Å². The summed E-state index contributed by atoms with van der Waals surface area (Å²) in [7, 11) is -11.7. The third kappa shape index (κ3) is 5.15. The van der Waals surface area contributed by atoms with Gasteiger partial charge >= 0.3 is 23.3 Å². The summed E-state index contributed by atoms with van der Waals surface area (Å²) in [6, 6.07) is 0. The van der Waals surface area contributed by atoms with Crippen LogP contribution in [0.4, 0.5) is 39.5 Å². The van der Waals surface area contributed by atoms with Gasteiger partial charge in [-0.25, -0.2) is 8.42 Å². The van der Waals surface area contributed by atoms with Crippen LogP contribution in [-0.2, 0) is 20.1 Å². The molecule has 0 aliphatic rings. The number of hydrogen-bond donors (Lipinski definition) is 2. The second kappa shape index (κ2) is 7.88. The molecule has 7 nitrogen and oxygen atoms in total. The molecule has 0 rings (SSSR count). The Balaban J connectivity index is 6.02. The summed E-state index contributed by atoms with van der Waals surface area (Å²) < 4.78 is 167. The van der Waals surface area contributed by atoms with E-state index in [1.165, 1.54) is 0 Å². The fourth-order valence-electron chi connectivity index (χ4n) is 1.57. The highest BCUT2D eigenvalue weighted by atomic mass is 32.2. The van der Waals surface area contributed by atoms with E-state index in [0.717, 1.165) is 0 Å². The first kappa shape index (κ1) is 26.1. The number of aliphatic hydroxyl groups excluding tert-OH is 1. The lowest BCUT2D eigenvalue weighted by Gasteiger charge is -2.35. The second-order valence-electron chi connectivity index (χ2n) is 4.93. The van der Waals surface area contributed by atoms with Crippen LogP contribution in [-0.4, -0.2) is 79.5 Å². The smallest absolute Gasteiger partial charge is 0.395 e. The van der Waals surface area contributed by atoms with E-state index in [-0.39, 0.29) is 0 Å². The van der Waals surface area contributed by atoms with Gasteiger partial charge in [0, 0.05) is 13.1 Å². The third-order valence-corrected chi connectivity index (χ3v) is 5.69. The molecule has 2 N–H and O–H groups in total. The Kier molecular flexibility index (Phi) is 7.63. The summed E-state index contributed by atoms with van der Waals surface area (Å²) in [4.78, 5) is 0. The molecule has 0 aliphatic carbocycles. The standard InChI is InChI=1S/C9H12F9NO6S2/c10-6(11,8(14,15)16)7(12,13)9(17,18)27(24,25)19(3-4-20)2-1-5-26(21,22)23/h20H,1-5H2,(H,21,22,23). The fourth-order valence-corrected chi connectivity index (χ4v) is 3.53. The number of alkyl halides is 9. The highest BCUT2D eigenvalue weighted by Gasteiger charge is 2.85. The maximum Gasteiger partial charge on any atom is 0.460 e. The molecule has 27 heavy (non-hydrogen) atoms. The Morgan fingerprint density at radius 2 is 1.22 bits per heavy atom. The maximum atomic E-state index is 13.6. The van der Waals surface area contributed by atoms with Crippen LogP contribution in [0.25, 0.3) is 0 Å². The van der Waals surface area contributed by atoms with Crippen LogP contribution < -0.4 is 0 Å². The molecule has 0 aromatic carbocycles. The normalized spacial score (nSPS) is 15.4. The van der Waals surface area contributed by atoms with Crippen molar-refractivity contribution in [3.8, 4) is 0 Å². The van der Waals surface area contributed by atoms with Gasteiger partial charge in [0.1, 0.15) is 0 Å². The van der Waals surface area contributed by atoms with Crippen LogP contribution in [0.2, 0.25) is 0 Å². The first-order chi connectivity index (χ1) is 11.7. The van der Waals surface area contributed by atoms with E-state index in [9.17, 15) is 56.3 Å². The summed E-state index contributed by atoms with van der Waals surface area (Å²) in [5, 5.41) is 1.59. The minimum atomic E-state index is -7.45. The Morgan fingerprint density at radius 3 is 1.56 bits per heavy atom. The zero-order valence-corrected chi connectivity index (χ0v) is 14.4. The lowest BCUT2D eigenvalue weighted by Crippen LogP contribution is -2.65. The summed E-state index contributed by atoms with van der Waals surface area (Å²) in [6.45, 7) is -4.24. The maximum absolute atomic E-state index is 13.6. The van der Waals surface area contributed by atoms with Gasteiger partial charge in [0.2, 0.25) is 0 Å². The van der Waals surface area contributed by atoms with Crippen LogP contribution in [0.1, 0.15) is 6.42 Å². The van der Waals surface area contributed by atoms with Crippen molar-refractivity contribution < 1.29 is 66.0 Å². The number of hydrogen-bond acceptors (Lipinski definition) is 5. The average Bonchev–Trinajstić information content (AvgIpc) is 2.43. The van der Waals surface area contributed by atoms with Crippen LogP contribution >= 0.6 is 0 Å². The van der Waals surface area contributed by atoms with Crippen molar-refractivity contribution in [2.45, 2.75) is 29.7 Å². The van der Waals surface area contributed by atoms with Crippen LogP contribution in [0.15, 0.2) is 0 Å². The molecule has 18 heteroatoms. The van der Waals surface area contributed by atoms with E-state index in [1.54, 1.807) is 0 Å². The van der Waals surface area contributed by atoms with E-state index in [0.29, 0.717) is 0 Å². The van der Waals surface area contributed by atoms with Crippen molar-refractivity contribution in [2.75, 3.05) is 25.4 Å². The molecule has 0 atom stereocenters. The number of nitrogens with zero attached hydrogens (tertiary/aromatic N) is 1. The average molecular weight is 465 g/mol. The van der Waals surface area contributed by atoms with Crippen LogP contribution in [0.3, 0.4) is 0 Å². The molecule has 0 bridgehead atoms. The minimum Gasteiger partial charge on any atom is -0.395 e. The number of aliphatic hydroxyl groups is 1. The Hall–Kier alpha value is -0.850. The van der Waals surface area contributed by atoms with Crippen molar-refractivity contribution in [1.82, 2.24) is 4.31 Å². The molecule has 0 saturated heterocycles. The lowest BCUT2D eigenvalue weighted by molar-refractivity contribution is -0.382. The predicted molar refractivity (Wildman–Crippen MR) is 69.5 cm³/mol. The molecule has 164 valence electrons. The monoisotopic (exact) mass is 465 g/mol. The Bertz CT molecular complexity index is 719. The lowest BCUT2D eigenvalue weighted by atomic mass is 10.1. The summed E-state index contributed by atoms with van der Waals surface area (Å²) in [5.41, 5.74) is 0. The van der Waals surface area contributed by atoms with E-state index >= 15 is 0 Å². The molecule has 0 aromatic heterocycles.